The van der Waals surface area contributed by atoms with Crippen LogP contribution in [0.15, 0.2) is 39.8 Å². The van der Waals surface area contributed by atoms with E-state index in [4.69, 9.17) is 4.42 Å². The minimum Gasteiger partial charge on any atom is -0.441 e. The van der Waals surface area contributed by atoms with Crippen LogP contribution >= 0.6 is 0 Å². The van der Waals surface area contributed by atoms with E-state index in [0.29, 0.717) is 24.6 Å². The summed E-state index contributed by atoms with van der Waals surface area (Å²) in [4.78, 5) is 20.7. The van der Waals surface area contributed by atoms with Crippen LogP contribution < -0.4 is 5.56 Å². The Kier molecular flexibility index (Phi) is 3.39. The third-order valence-corrected chi connectivity index (χ3v) is 3.83. The Balaban J connectivity index is 1.55. The molecule has 0 saturated carbocycles. The maximum absolute atomic E-state index is 11.7. The highest BCUT2D eigenvalue weighted by Gasteiger charge is 2.11. The number of hydrogen-bond acceptors (Lipinski definition) is 6. The molecule has 8 nitrogen and oxygen atoms in total. The van der Waals surface area contributed by atoms with Crippen molar-refractivity contribution in [2.75, 3.05) is 7.05 Å². The quantitative estimate of drug-likeness (QED) is 0.611. The second kappa shape index (κ2) is 5.57. The normalized spacial score (nSPS) is 11.8. The Labute approximate surface area is 136 Å². The van der Waals surface area contributed by atoms with Gasteiger partial charge in [0, 0.05) is 25.9 Å². The number of nitrogens with one attached hydrogen (secondary N) is 1. The number of fused-ring (bicyclic) bond motifs is 2. The van der Waals surface area contributed by atoms with Crippen molar-refractivity contribution in [1.82, 2.24) is 29.5 Å². The summed E-state index contributed by atoms with van der Waals surface area (Å²) in [6.45, 7) is 3.12. The molecule has 3 heterocycles. The van der Waals surface area contributed by atoms with Gasteiger partial charge in [0.1, 0.15) is 5.52 Å². The van der Waals surface area contributed by atoms with Crippen LogP contribution in [-0.2, 0) is 13.1 Å². The van der Waals surface area contributed by atoms with E-state index >= 15 is 0 Å². The van der Waals surface area contributed by atoms with Crippen LogP contribution in [0.4, 0.5) is 0 Å². The van der Waals surface area contributed by atoms with Crippen LogP contribution in [0.3, 0.4) is 0 Å². The Morgan fingerprint density at radius 2 is 2.17 bits per heavy atom. The van der Waals surface area contributed by atoms with E-state index in [2.05, 4.69) is 25.1 Å². The summed E-state index contributed by atoms with van der Waals surface area (Å²) < 4.78 is 7.28. The molecule has 0 amide bonds. The Bertz CT molecular complexity index is 1080. The Morgan fingerprint density at radius 1 is 1.29 bits per heavy atom. The molecular formula is C16H16N6O2. The average Bonchev–Trinajstić information content (AvgIpc) is 3.11. The van der Waals surface area contributed by atoms with Gasteiger partial charge in [-0.2, -0.15) is 0 Å². The molecule has 0 bridgehead atoms. The third-order valence-electron chi connectivity index (χ3n) is 3.83. The van der Waals surface area contributed by atoms with Crippen LogP contribution in [0, 0.1) is 6.92 Å². The van der Waals surface area contributed by atoms with Crippen molar-refractivity contribution in [2.45, 2.75) is 20.0 Å². The first-order valence-electron chi connectivity index (χ1n) is 7.56. The molecule has 0 fully saturated rings. The lowest BCUT2D eigenvalue weighted by Gasteiger charge is -2.15. The van der Waals surface area contributed by atoms with E-state index in [-0.39, 0.29) is 5.56 Å². The molecule has 8 heteroatoms. The lowest BCUT2D eigenvalue weighted by Crippen LogP contribution is -2.19. The zero-order valence-corrected chi connectivity index (χ0v) is 13.4. The number of rotatable bonds is 4. The average molecular weight is 324 g/mol. The highest BCUT2D eigenvalue weighted by Crippen LogP contribution is 2.18. The number of benzene rings is 1. The number of hydrogen-bond donors (Lipinski definition) is 1. The Morgan fingerprint density at radius 3 is 3.04 bits per heavy atom. The summed E-state index contributed by atoms with van der Waals surface area (Å²) in [5, 5.41) is 8.06. The third kappa shape index (κ3) is 2.56. The molecule has 1 aromatic carbocycles. The van der Waals surface area contributed by atoms with Gasteiger partial charge in [-0.1, -0.05) is 6.07 Å². The first-order chi connectivity index (χ1) is 11.6. The molecular weight excluding hydrogens is 308 g/mol. The van der Waals surface area contributed by atoms with E-state index in [9.17, 15) is 4.79 Å². The van der Waals surface area contributed by atoms with Gasteiger partial charge in [0.25, 0.3) is 5.56 Å². The van der Waals surface area contributed by atoms with Gasteiger partial charge in [-0.3, -0.25) is 14.1 Å². The summed E-state index contributed by atoms with van der Waals surface area (Å²) in [7, 11) is 1.99. The highest BCUT2D eigenvalue weighted by molar-refractivity contribution is 5.73. The predicted octanol–water partition coefficient (Wildman–Crippen LogP) is 1.50. The molecule has 4 aromatic rings. The van der Waals surface area contributed by atoms with Crippen molar-refractivity contribution in [3.05, 3.63) is 58.2 Å². The summed E-state index contributed by atoms with van der Waals surface area (Å²) in [6.07, 6.45) is 3.34. The molecule has 0 aliphatic carbocycles. The van der Waals surface area contributed by atoms with Crippen molar-refractivity contribution in [2.24, 2.45) is 0 Å². The fourth-order valence-electron chi connectivity index (χ4n) is 2.79. The second-order valence-corrected chi connectivity index (χ2v) is 5.81. The minimum absolute atomic E-state index is 0.245. The van der Waals surface area contributed by atoms with Crippen molar-refractivity contribution >= 4 is 16.7 Å². The van der Waals surface area contributed by atoms with Gasteiger partial charge in [0.05, 0.1) is 6.54 Å². The first-order valence-corrected chi connectivity index (χ1v) is 7.56. The number of aryl methyl sites for hydroxylation is 1. The monoisotopic (exact) mass is 324 g/mol. The Hall–Kier alpha value is -3.00. The van der Waals surface area contributed by atoms with Crippen molar-refractivity contribution in [1.29, 1.82) is 0 Å². The molecule has 122 valence electrons. The molecule has 0 aliphatic rings. The van der Waals surface area contributed by atoms with E-state index < -0.39 is 0 Å². The number of nitrogens with zero attached hydrogens (tertiary/aromatic N) is 5. The van der Waals surface area contributed by atoms with Crippen molar-refractivity contribution in [3.8, 4) is 0 Å². The first kappa shape index (κ1) is 14.6. The van der Waals surface area contributed by atoms with E-state index in [1.165, 1.54) is 0 Å². The topological polar surface area (TPSA) is 92.3 Å². The predicted molar refractivity (Wildman–Crippen MR) is 87.5 cm³/mol. The molecule has 0 saturated heterocycles. The van der Waals surface area contributed by atoms with E-state index in [1.807, 2.05) is 32.2 Å². The molecule has 3 aromatic heterocycles. The van der Waals surface area contributed by atoms with Gasteiger partial charge < -0.3 is 9.40 Å². The smallest absolute Gasteiger partial charge is 0.293 e. The molecule has 1 N–H and O–H groups in total. The molecule has 0 spiro atoms. The van der Waals surface area contributed by atoms with Crippen LogP contribution in [0.1, 0.15) is 17.3 Å². The summed E-state index contributed by atoms with van der Waals surface area (Å²) in [6, 6.07) is 5.99. The van der Waals surface area contributed by atoms with Gasteiger partial charge in [-0.05, 0) is 24.7 Å². The minimum atomic E-state index is -0.245. The lowest BCUT2D eigenvalue weighted by molar-refractivity contribution is 0.309. The molecule has 0 unspecified atom stereocenters. The number of oxazole rings is 1. The SMILES string of the molecule is Cc1nc2ccc(CN(C)Cc3nnc4c(=O)[nH]ccn34)cc2o1. The molecule has 0 atom stereocenters. The van der Waals surface area contributed by atoms with Gasteiger partial charge in [0.15, 0.2) is 17.3 Å². The number of aromatic amines is 1. The molecule has 0 radical (unpaired) electrons. The van der Waals surface area contributed by atoms with Crippen LogP contribution in [0.25, 0.3) is 16.7 Å². The van der Waals surface area contributed by atoms with Crippen molar-refractivity contribution in [3.63, 3.8) is 0 Å². The van der Waals surface area contributed by atoms with Gasteiger partial charge in [0.2, 0.25) is 5.65 Å². The van der Waals surface area contributed by atoms with Gasteiger partial charge >= 0.3 is 0 Å². The fraction of sp³-hybridized carbons (Fsp3) is 0.250. The maximum atomic E-state index is 11.7. The molecule has 0 aliphatic heterocycles. The number of aromatic nitrogens is 5. The second-order valence-electron chi connectivity index (χ2n) is 5.81. The van der Waals surface area contributed by atoms with Gasteiger partial charge in [-0.15, -0.1) is 10.2 Å². The van der Waals surface area contributed by atoms with Crippen LogP contribution in [0.5, 0.6) is 0 Å². The van der Waals surface area contributed by atoms with Crippen LogP contribution in [-0.4, -0.2) is 36.5 Å². The van der Waals surface area contributed by atoms with Gasteiger partial charge in [-0.25, -0.2) is 4.98 Å². The summed E-state index contributed by atoms with van der Waals surface area (Å²) in [5.74, 6) is 1.38. The standard InChI is InChI=1S/C16H16N6O2/c1-10-18-12-4-3-11(7-13(12)24-10)8-21(2)9-14-19-20-15-16(23)17-5-6-22(14)15/h3-7H,8-9H2,1-2H3,(H,17,23). The van der Waals surface area contributed by atoms with E-state index in [0.717, 1.165) is 22.5 Å². The zero-order valence-electron chi connectivity index (χ0n) is 13.4. The van der Waals surface area contributed by atoms with E-state index in [1.54, 1.807) is 16.8 Å². The maximum Gasteiger partial charge on any atom is 0.293 e. The lowest BCUT2D eigenvalue weighted by atomic mass is 10.2. The number of H-pyrrole nitrogens is 1. The fourth-order valence-corrected chi connectivity index (χ4v) is 2.79. The highest BCUT2D eigenvalue weighted by atomic mass is 16.3. The molecule has 24 heavy (non-hydrogen) atoms. The largest absolute Gasteiger partial charge is 0.441 e. The summed E-state index contributed by atoms with van der Waals surface area (Å²) in [5.41, 5.74) is 2.83. The molecule has 4 rings (SSSR count). The zero-order chi connectivity index (χ0) is 16.7. The summed E-state index contributed by atoms with van der Waals surface area (Å²) >= 11 is 0. The van der Waals surface area contributed by atoms with Crippen molar-refractivity contribution < 1.29 is 4.42 Å². The van der Waals surface area contributed by atoms with Crippen LogP contribution in [0.2, 0.25) is 0 Å².